The molecule has 0 radical (unpaired) electrons. The Morgan fingerprint density at radius 1 is 1.42 bits per heavy atom. The van der Waals surface area contributed by atoms with E-state index in [4.69, 9.17) is 6.57 Å². The van der Waals surface area contributed by atoms with Crippen molar-refractivity contribution in [2.45, 2.75) is 40.2 Å². The summed E-state index contributed by atoms with van der Waals surface area (Å²) in [6.07, 6.45) is 1.50. The van der Waals surface area contributed by atoms with E-state index in [1.54, 1.807) is 6.07 Å². The molecule has 2 heterocycles. The van der Waals surface area contributed by atoms with Gasteiger partial charge in [-0.15, -0.1) is 10.2 Å². The van der Waals surface area contributed by atoms with Gasteiger partial charge in [0.25, 0.3) is 5.56 Å². The zero-order chi connectivity index (χ0) is 17.0. The third-order valence-corrected chi connectivity index (χ3v) is 3.40. The van der Waals surface area contributed by atoms with Crippen LogP contribution in [-0.2, 0) is 23.0 Å². The molecule has 2 aromatic heterocycles. The van der Waals surface area contributed by atoms with E-state index in [1.165, 1.54) is 6.92 Å². The Labute approximate surface area is 149 Å². The van der Waals surface area contributed by atoms with E-state index in [9.17, 15) is 9.90 Å². The molecule has 0 amide bonds. The number of aryl methyl sites for hydroxylation is 1. The number of rotatable bonds is 5. The molecule has 128 valence electrons. The van der Waals surface area contributed by atoms with Gasteiger partial charge in [-0.3, -0.25) is 9.89 Å². The molecule has 0 aliphatic rings. The fraction of sp³-hybridized carbons (Fsp3) is 0.400. The Balaban J connectivity index is 0.00000288. The summed E-state index contributed by atoms with van der Waals surface area (Å²) in [7, 11) is 0. The summed E-state index contributed by atoms with van der Waals surface area (Å²) in [5, 5.41) is 26.7. The van der Waals surface area contributed by atoms with Crippen LogP contribution < -0.4 is 10.7 Å². The van der Waals surface area contributed by atoms with E-state index < -0.39 is 11.4 Å². The number of hydrogen-bond acceptors (Lipinski definition) is 5. The van der Waals surface area contributed by atoms with Crippen molar-refractivity contribution in [3.63, 3.8) is 0 Å². The fourth-order valence-corrected chi connectivity index (χ4v) is 2.11. The molecule has 0 saturated heterocycles. The number of aromatic nitrogens is 3. The minimum Gasteiger partial charge on any atom is -0.869 e. The third-order valence-electron chi connectivity index (χ3n) is 3.40. The van der Waals surface area contributed by atoms with Gasteiger partial charge in [0.2, 0.25) is 5.69 Å². The summed E-state index contributed by atoms with van der Waals surface area (Å²) in [6.45, 7) is 12.8. The van der Waals surface area contributed by atoms with Gasteiger partial charge in [0.05, 0.1) is 6.57 Å². The van der Waals surface area contributed by atoms with Gasteiger partial charge in [0.15, 0.2) is 5.82 Å². The van der Waals surface area contributed by atoms with Crippen molar-refractivity contribution in [2.75, 3.05) is 0 Å². The quantitative estimate of drug-likeness (QED) is 0.496. The van der Waals surface area contributed by atoms with Crippen molar-refractivity contribution in [1.29, 1.82) is 0 Å². The van der Waals surface area contributed by atoms with Crippen LogP contribution in [0.2, 0.25) is 0 Å². The standard InChI is InChI=1S/C15H18N6O2.Ni/c1-5-6-7-21-14(22)12(16-4)10(3)13(15(21)23)20-19-11-8-9(2)17-18-11;/h8,22H,5-7H2,1-3H3,(H,17,18);/q;+2/p-1. The SMILES string of the molecule is [C-]#[N+]c1c(C)c(N=Nc2cc(C)[nH]n2)c(=O)n(CCCC)c1[O-].[Ni+2]. The fourth-order valence-electron chi connectivity index (χ4n) is 2.11. The van der Waals surface area contributed by atoms with Gasteiger partial charge >= 0.3 is 16.5 Å². The number of azo groups is 1. The van der Waals surface area contributed by atoms with Crippen molar-refractivity contribution < 1.29 is 21.6 Å². The second-order valence-corrected chi connectivity index (χ2v) is 5.16. The van der Waals surface area contributed by atoms with Crippen LogP contribution in [-0.4, -0.2) is 14.8 Å². The molecule has 24 heavy (non-hydrogen) atoms. The van der Waals surface area contributed by atoms with E-state index in [1.807, 2.05) is 13.8 Å². The second kappa shape index (κ2) is 8.41. The molecule has 0 atom stereocenters. The summed E-state index contributed by atoms with van der Waals surface area (Å²) in [4.78, 5) is 15.7. The predicted octanol–water partition coefficient (Wildman–Crippen LogP) is 3.03. The second-order valence-electron chi connectivity index (χ2n) is 5.16. The van der Waals surface area contributed by atoms with Crippen molar-refractivity contribution in [1.82, 2.24) is 14.8 Å². The summed E-state index contributed by atoms with van der Waals surface area (Å²) in [5.41, 5.74) is 0.455. The number of nitrogens with one attached hydrogen (secondary N) is 1. The number of H-pyrrole nitrogens is 1. The summed E-state index contributed by atoms with van der Waals surface area (Å²) in [5.74, 6) is -0.234. The van der Waals surface area contributed by atoms with Crippen LogP contribution in [0.5, 0.6) is 5.88 Å². The molecule has 0 saturated carbocycles. The Hall–Kier alpha value is -2.46. The minimum atomic E-state index is -0.564. The van der Waals surface area contributed by atoms with Crippen LogP contribution in [0.15, 0.2) is 21.1 Å². The first-order valence-corrected chi connectivity index (χ1v) is 7.25. The molecule has 0 aromatic carbocycles. The van der Waals surface area contributed by atoms with Crippen LogP contribution in [0.1, 0.15) is 31.0 Å². The smallest absolute Gasteiger partial charge is 0.869 e. The Morgan fingerprint density at radius 2 is 2.12 bits per heavy atom. The zero-order valence-electron chi connectivity index (χ0n) is 13.6. The topological polar surface area (TPSA) is 103 Å². The number of unbranched alkanes of at least 4 members (excludes halogenated alkanes) is 1. The Bertz CT molecular complexity index is 847. The molecule has 2 aromatic rings. The molecule has 1 N–H and O–H groups in total. The van der Waals surface area contributed by atoms with Crippen LogP contribution in [0.25, 0.3) is 4.85 Å². The van der Waals surface area contributed by atoms with Crippen LogP contribution >= 0.6 is 0 Å². The van der Waals surface area contributed by atoms with Gasteiger partial charge in [-0.2, -0.15) is 5.10 Å². The zero-order valence-corrected chi connectivity index (χ0v) is 14.6. The summed E-state index contributed by atoms with van der Waals surface area (Å²) in [6, 6.07) is 1.67. The van der Waals surface area contributed by atoms with Gasteiger partial charge < -0.3 is 9.67 Å². The third kappa shape index (κ3) is 3.89. The molecule has 9 heteroatoms. The van der Waals surface area contributed by atoms with E-state index in [0.29, 0.717) is 12.2 Å². The van der Waals surface area contributed by atoms with Gasteiger partial charge in [0, 0.05) is 18.3 Å². The predicted molar refractivity (Wildman–Crippen MR) is 83.6 cm³/mol. The first kappa shape index (κ1) is 19.6. The molecule has 8 nitrogen and oxygen atoms in total. The van der Waals surface area contributed by atoms with Gasteiger partial charge in [0.1, 0.15) is 5.69 Å². The van der Waals surface area contributed by atoms with Gasteiger partial charge in [-0.1, -0.05) is 13.3 Å². The molecule has 0 fully saturated rings. The average Bonchev–Trinajstić information content (AvgIpc) is 2.93. The van der Waals surface area contributed by atoms with Crippen molar-refractivity contribution in [2.24, 2.45) is 10.2 Å². The molecule has 0 aliphatic carbocycles. The Morgan fingerprint density at radius 3 is 2.67 bits per heavy atom. The minimum absolute atomic E-state index is 0. The number of nitrogens with zero attached hydrogens (tertiary/aromatic N) is 5. The maximum atomic E-state index is 12.5. The van der Waals surface area contributed by atoms with E-state index in [-0.39, 0.29) is 40.0 Å². The first-order chi connectivity index (χ1) is 11.0. The maximum Gasteiger partial charge on any atom is 2.00 e. The van der Waals surface area contributed by atoms with Crippen molar-refractivity contribution >= 4 is 17.2 Å². The van der Waals surface area contributed by atoms with E-state index in [0.717, 1.165) is 16.7 Å². The molecule has 0 aliphatic heterocycles. The van der Waals surface area contributed by atoms with Gasteiger partial charge in [-0.05, 0) is 31.7 Å². The summed E-state index contributed by atoms with van der Waals surface area (Å²) < 4.78 is 1.06. The number of hydrogen-bond donors (Lipinski definition) is 1. The molecule has 0 unspecified atom stereocenters. The molecular formula is C15H17N6NiO2+. The van der Waals surface area contributed by atoms with Crippen molar-refractivity contribution in [3.8, 4) is 5.88 Å². The van der Waals surface area contributed by atoms with E-state index in [2.05, 4.69) is 25.3 Å². The monoisotopic (exact) mass is 371 g/mol. The van der Waals surface area contributed by atoms with Crippen LogP contribution in [0.3, 0.4) is 0 Å². The maximum absolute atomic E-state index is 12.5. The Kier molecular flexibility index (Phi) is 6.87. The van der Waals surface area contributed by atoms with Crippen LogP contribution in [0, 0.1) is 20.4 Å². The van der Waals surface area contributed by atoms with Crippen molar-refractivity contribution in [3.05, 3.63) is 39.1 Å². The molecule has 2 rings (SSSR count). The molecular weight excluding hydrogens is 355 g/mol. The normalized spacial score (nSPS) is 10.6. The number of pyridine rings is 1. The van der Waals surface area contributed by atoms with Crippen LogP contribution in [0.4, 0.5) is 17.2 Å². The van der Waals surface area contributed by atoms with E-state index >= 15 is 0 Å². The largest absolute Gasteiger partial charge is 2.00 e. The average molecular weight is 372 g/mol. The number of aromatic amines is 1. The van der Waals surface area contributed by atoms with Gasteiger partial charge in [-0.25, -0.2) is 4.85 Å². The first-order valence-electron chi connectivity index (χ1n) is 7.25. The molecule has 0 bridgehead atoms. The summed E-state index contributed by atoms with van der Waals surface area (Å²) >= 11 is 0. The molecule has 0 spiro atoms.